The summed E-state index contributed by atoms with van der Waals surface area (Å²) in [5.41, 5.74) is 2.28. The Balaban J connectivity index is 2.45. The fourth-order valence-electron chi connectivity index (χ4n) is 1.49. The van der Waals surface area contributed by atoms with Crippen molar-refractivity contribution >= 4 is 0 Å². The van der Waals surface area contributed by atoms with Crippen LogP contribution in [0.25, 0.3) is 0 Å². The summed E-state index contributed by atoms with van der Waals surface area (Å²) in [6.45, 7) is 1.18. The summed E-state index contributed by atoms with van der Waals surface area (Å²) in [7, 11) is 0. The minimum absolute atomic E-state index is 0.0741. The molecule has 0 saturated carbocycles. The van der Waals surface area contributed by atoms with Crippen LogP contribution < -0.4 is 0 Å². The highest BCUT2D eigenvalue weighted by Crippen LogP contribution is 2.25. The molecule has 2 heteroatoms. The molecule has 0 radical (unpaired) electrons. The summed E-state index contributed by atoms with van der Waals surface area (Å²) in [6.07, 6.45) is 0. The molecule has 0 fully saturated rings. The highest BCUT2D eigenvalue weighted by molar-refractivity contribution is 5.34. The highest BCUT2D eigenvalue weighted by Gasteiger charge is 2.18. The number of benzene rings is 1. The van der Waals surface area contributed by atoms with Gasteiger partial charge in [0.1, 0.15) is 0 Å². The van der Waals surface area contributed by atoms with Crippen molar-refractivity contribution in [2.75, 3.05) is 6.61 Å². The molecule has 1 aromatic rings. The van der Waals surface area contributed by atoms with Gasteiger partial charge in [-0.25, -0.2) is 0 Å². The first-order valence-electron chi connectivity index (χ1n) is 3.97. The van der Waals surface area contributed by atoms with Crippen molar-refractivity contribution in [2.24, 2.45) is 0 Å². The van der Waals surface area contributed by atoms with Gasteiger partial charge in [0.05, 0.1) is 25.2 Å². The zero-order valence-corrected chi connectivity index (χ0v) is 6.66. The van der Waals surface area contributed by atoms with E-state index in [0.29, 0.717) is 13.2 Å². The van der Waals surface area contributed by atoms with E-state index in [4.69, 9.17) is 10.00 Å². The third-order valence-electron chi connectivity index (χ3n) is 2.13. The second-order valence-electron chi connectivity index (χ2n) is 2.90. The standard InChI is InChI=1S/C10H9NO/c11-5-9-7-12-6-8-3-1-2-4-10(8)9/h1-4,9H,6-7H2. The first-order chi connectivity index (χ1) is 5.92. The molecular weight excluding hydrogens is 150 g/mol. The molecule has 1 unspecified atom stereocenters. The number of hydrogen-bond acceptors (Lipinski definition) is 2. The van der Waals surface area contributed by atoms with Gasteiger partial charge >= 0.3 is 0 Å². The zero-order chi connectivity index (χ0) is 8.39. The Morgan fingerprint density at radius 1 is 1.42 bits per heavy atom. The Morgan fingerprint density at radius 3 is 3.08 bits per heavy atom. The van der Waals surface area contributed by atoms with Crippen LogP contribution in [0, 0.1) is 11.3 Å². The van der Waals surface area contributed by atoms with E-state index < -0.39 is 0 Å². The Hall–Kier alpha value is -1.33. The second-order valence-corrected chi connectivity index (χ2v) is 2.90. The molecule has 1 aromatic carbocycles. The lowest BCUT2D eigenvalue weighted by molar-refractivity contribution is 0.102. The molecule has 2 nitrogen and oxygen atoms in total. The van der Waals surface area contributed by atoms with E-state index in [0.717, 1.165) is 11.1 Å². The van der Waals surface area contributed by atoms with Gasteiger partial charge in [-0.3, -0.25) is 0 Å². The SMILES string of the molecule is N#CC1COCc2ccccc21. The predicted molar refractivity (Wildman–Crippen MR) is 44.5 cm³/mol. The molecule has 0 aromatic heterocycles. The van der Waals surface area contributed by atoms with Crippen molar-refractivity contribution in [3.05, 3.63) is 35.4 Å². The molecule has 0 spiro atoms. The maximum absolute atomic E-state index is 8.81. The molecule has 1 aliphatic rings. The summed E-state index contributed by atoms with van der Waals surface area (Å²) >= 11 is 0. The number of fused-ring (bicyclic) bond motifs is 1. The number of nitrogens with zero attached hydrogens (tertiary/aromatic N) is 1. The topological polar surface area (TPSA) is 33.0 Å². The van der Waals surface area contributed by atoms with Crippen LogP contribution in [0.5, 0.6) is 0 Å². The van der Waals surface area contributed by atoms with E-state index in [2.05, 4.69) is 6.07 Å². The number of ether oxygens (including phenoxy) is 1. The monoisotopic (exact) mass is 159 g/mol. The average Bonchev–Trinajstić information content (AvgIpc) is 2.17. The molecule has 1 heterocycles. The Kier molecular flexibility index (Phi) is 1.81. The van der Waals surface area contributed by atoms with Crippen LogP contribution in [0.15, 0.2) is 24.3 Å². The number of hydrogen-bond donors (Lipinski definition) is 0. The molecule has 0 saturated heterocycles. The number of rotatable bonds is 0. The van der Waals surface area contributed by atoms with Crippen molar-refractivity contribution in [3.8, 4) is 6.07 Å². The van der Waals surface area contributed by atoms with Crippen molar-refractivity contribution < 1.29 is 4.74 Å². The highest BCUT2D eigenvalue weighted by atomic mass is 16.5. The quantitative estimate of drug-likeness (QED) is 0.578. The predicted octanol–water partition coefficient (Wildman–Crippen LogP) is 1.82. The smallest absolute Gasteiger partial charge is 0.0949 e. The zero-order valence-electron chi connectivity index (χ0n) is 6.66. The van der Waals surface area contributed by atoms with Gasteiger partial charge in [-0.1, -0.05) is 24.3 Å². The summed E-state index contributed by atoms with van der Waals surface area (Å²) in [6, 6.07) is 10.2. The largest absolute Gasteiger partial charge is 0.375 e. The minimum atomic E-state index is -0.0741. The lowest BCUT2D eigenvalue weighted by Crippen LogP contribution is -2.14. The van der Waals surface area contributed by atoms with Crippen molar-refractivity contribution in [3.63, 3.8) is 0 Å². The molecule has 1 atom stereocenters. The van der Waals surface area contributed by atoms with Crippen molar-refractivity contribution in [1.29, 1.82) is 5.26 Å². The van der Waals surface area contributed by atoms with E-state index in [-0.39, 0.29) is 5.92 Å². The normalized spacial score (nSPS) is 21.1. The van der Waals surface area contributed by atoms with Gasteiger partial charge in [0, 0.05) is 0 Å². The van der Waals surface area contributed by atoms with Gasteiger partial charge in [-0.15, -0.1) is 0 Å². The van der Waals surface area contributed by atoms with E-state index in [1.165, 1.54) is 0 Å². The third-order valence-corrected chi connectivity index (χ3v) is 2.13. The molecule has 0 aliphatic carbocycles. The van der Waals surface area contributed by atoms with Crippen LogP contribution in [0.2, 0.25) is 0 Å². The van der Waals surface area contributed by atoms with Gasteiger partial charge in [-0.2, -0.15) is 5.26 Å². The first kappa shape index (κ1) is 7.33. The Bertz CT molecular complexity index is 327. The van der Waals surface area contributed by atoms with Crippen LogP contribution in [-0.4, -0.2) is 6.61 Å². The van der Waals surface area contributed by atoms with Crippen molar-refractivity contribution in [2.45, 2.75) is 12.5 Å². The van der Waals surface area contributed by atoms with Gasteiger partial charge in [0.15, 0.2) is 0 Å². The molecular formula is C10H9NO. The van der Waals surface area contributed by atoms with Gasteiger partial charge in [0.25, 0.3) is 0 Å². The summed E-state index contributed by atoms with van der Waals surface area (Å²) in [4.78, 5) is 0. The molecule has 12 heavy (non-hydrogen) atoms. The molecule has 0 amide bonds. The van der Waals surface area contributed by atoms with Gasteiger partial charge in [0.2, 0.25) is 0 Å². The fourth-order valence-corrected chi connectivity index (χ4v) is 1.49. The Morgan fingerprint density at radius 2 is 2.25 bits per heavy atom. The molecule has 0 bridgehead atoms. The third kappa shape index (κ3) is 1.09. The molecule has 60 valence electrons. The van der Waals surface area contributed by atoms with Crippen molar-refractivity contribution in [1.82, 2.24) is 0 Å². The van der Waals surface area contributed by atoms with Gasteiger partial charge < -0.3 is 4.74 Å². The van der Waals surface area contributed by atoms with Crippen LogP contribution >= 0.6 is 0 Å². The summed E-state index contributed by atoms with van der Waals surface area (Å²) in [5.74, 6) is -0.0741. The van der Waals surface area contributed by atoms with Crippen LogP contribution in [0.1, 0.15) is 17.0 Å². The van der Waals surface area contributed by atoms with Crippen LogP contribution in [0.4, 0.5) is 0 Å². The lowest BCUT2D eigenvalue weighted by Gasteiger charge is -2.20. The van der Waals surface area contributed by atoms with Gasteiger partial charge in [-0.05, 0) is 11.1 Å². The minimum Gasteiger partial charge on any atom is -0.375 e. The van der Waals surface area contributed by atoms with E-state index in [9.17, 15) is 0 Å². The maximum Gasteiger partial charge on any atom is 0.0949 e. The fraction of sp³-hybridized carbons (Fsp3) is 0.300. The maximum atomic E-state index is 8.81. The average molecular weight is 159 g/mol. The van der Waals surface area contributed by atoms with E-state index in [1.807, 2.05) is 24.3 Å². The number of nitriles is 1. The van der Waals surface area contributed by atoms with Crippen LogP contribution in [0.3, 0.4) is 0 Å². The van der Waals surface area contributed by atoms with E-state index >= 15 is 0 Å². The molecule has 1 aliphatic heterocycles. The Labute approximate surface area is 71.4 Å². The second kappa shape index (κ2) is 2.96. The molecule has 2 rings (SSSR count). The molecule has 0 N–H and O–H groups in total. The lowest BCUT2D eigenvalue weighted by atomic mass is 9.94. The summed E-state index contributed by atoms with van der Waals surface area (Å²) in [5, 5.41) is 8.81. The van der Waals surface area contributed by atoms with Crippen LogP contribution in [-0.2, 0) is 11.3 Å². The summed E-state index contributed by atoms with van der Waals surface area (Å²) < 4.78 is 5.28. The van der Waals surface area contributed by atoms with E-state index in [1.54, 1.807) is 0 Å². The first-order valence-corrected chi connectivity index (χ1v) is 3.97.